The highest BCUT2D eigenvalue weighted by Gasteiger charge is 2.21. The molecule has 0 unspecified atom stereocenters. The molecule has 1 aromatic rings. The van der Waals surface area contributed by atoms with E-state index in [4.69, 9.17) is 0 Å². The number of aromatic nitrogens is 1. The van der Waals surface area contributed by atoms with Crippen molar-refractivity contribution in [3.05, 3.63) is 23.9 Å². The largest absolute Gasteiger partial charge is 0.370 e. The number of nitrogens with zero attached hydrogens (tertiary/aromatic N) is 2. The maximum absolute atomic E-state index is 4.38. The topological polar surface area (TPSA) is 28.2 Å². The summed E-state index contributed by atoms with van der Waals surface area (Å²) in [5.74, 6) is 1.02. The minimum Gasteiger partial charge on any atom is -0.370 e. The maximum atomic E-state index is 4.38. The van der Waals surface area contributed by atoms with E-state index in [2.05, 4.69) is 41.2 Å². The monoisotopic (exact) mass is 261 g/mol. The van der Waals surface area contributed by atoms with Gasteiger partial charge in [0.15, 0.2) is 0 Å². The molecule has 0 atom stereocenters. The van der Waals surface area contributed by atoms with Crippen LogP contribution in [0.5, 0.6) is 0 Å². The van der Waals surface area contributed by atoms with Gasteiger partial charge in [0.1, 0.15) is 5.82 Å². The van der Waals surface area contributed by atoms with E-state index in [9.17, 15) is 0 Å². The van der Waals surface area contributed by atoms with Crippen LogP contribution in [0, 0.1) is 0 Å². The van der Waals surface area contributed by atoms with Gasteiger partial charge < -0.3 is 5.32 Å². The quantitative estimate of drug-likeness (QED) is 0.811. The van der Waals surface area contributed by atoms with Gasteiger partial charge in [-0.3, -0.25) is 4.90 Å². The molecule has 1 heterocycles. The molecule has 3 nitrogen and oxygen atoms in total. The fraction of sp³-hybridized carbons (Fsp3) is 0.688. The van der Waals surface area contributed by atoms with Crippen LogP contribution in [0.1, 0.15) is 51.5 Å². The SMILES string of the molecule is CCCNc1cc(CN(CC)C2CCCC2)ccn1. The predicted octanol–water partition coefficient (Wildman–Crippen LogP) is 3.67. The molecule has 2 rings (SSSR count). The Labute approximate surface area is 117 Å². The van der Waals surface area contributed by atoms with Crippen molar-refractivity contribution < 1.29 is 0 Å². The number of pyridine rings is 1. The second kappa shape index (κ2) is 7.49. The molecule has 0 amide bonds. The lowest BCUT2D eigenvalue weighted by Crippen LogP contribution is -2.32. The molecule has 1 saturated carbocycles. The lowest BCUT2D eigenvalue weighted by molar-refractivity contribution is 0.200. The van der Waals surface area contributed by atoms with Crippen molar-refractivity contribution in [2.45, 2.75) is 58.5 Å². The summed E-state index contributed by atoms with van der Waals surface area (Å²) in [5.41, 5.74) is 1.38. The second-order valence-electron chi connectivity index (χ2n) is 5.48. The molecule has 1 aromatic heterocycles. The van der Waals surface area contributed by atoms with Crippen LogP contribution in [0.2, 0.25) is 0 Å². The number of anilines is 1. The fourth-order valence-electron chi connectivity index (χ4n) is 2.93. The van der Waals surface area contributed by atoms with Gasteiger partial charge in [0, 0.05) is 25.3 Å². The highest BCUT2D eigenvalue weighted by molar-refractivity contribution is 5.37. The van der Waals surface area contributed by atoms with Crippen LogP contribution in [-0.4, -0.2) is 29.0 Å². The Hall–Kier alpha value is -1.09. The number of hydrogen-bond donors (Lipinski definition) is 1. The van der Waals surface area contributed by atoms with Gasteiger partial charge in [0.2, 0.25) is 0 Å². The van der Waals surface area contributed by atoms with Gasteiger partial charge in [-0.05, 0) is 43.5 Å². The van der Waals surface area contributed by atoms with Gasteiger partial charge in [0.05, 0.1) is 0 Å². The fourth-order valence-corrected chi connectivity index (χ4v) is 2.93. The van der Waals surface area contributed by atoms with Gasteiger partial charge in [0.25, 0.3) is 0 Å². The van der Waals surface area contributed by atoms with Crippen LogP contribution in [-0.2, 0) is 6.54 Å². The summed E-state index contributed by atoms with van der Waals surface area (Å²) in [6, 6.07) is 5.15. The van der Waals surface area contributed by atoms with Crippen LogP contribution in [0.25, 0.3) is 0 Å². The maximum Gasteiger partial charge on any atom is 0.126 e. The Morgan fingerprint density at radius 2 is 2.11 bits per heavy atom. The Bertz CT molecular complexity index is 372. The van der Waals surface area contributed by atoms with E-state index in [1.807, 2.05) is 6.20 Å². The first-order valence-corrected chi connectivity index (χ1v) is 7.76. The third-order valence-corrected chi connectivity index (χ3v) is 4.01. The van der Waals surface area contributed by atoms with Crippen molar-refractivity contribution in [3.8, 4) is 0 Å². The standard InChI is InChI=1S/C16H27N3/c1-3-10-17-16-12-14(9-11-18-16)13-19(4-2)15-7-5-6-8-15/h9,11-12,15H,3-8,10,13H2,1-2H3,(H,17,18). The summed E-state index contributed by atoms with van der Waals surface area (Å²) < 4.78 is 0. The smallest absolute Gasteiger partial charge is 0.126 e. The zero-order valence-electron chi connectivity index (χ0n) is 12.4. The molecule has 1 aliphatic carbocycles. The normalized spacial score (nSPS) is 16.2. The average Bonchev–Trinajstić information content (AvgIpc) is 2.97. The highest BCUT2D eigenvalue weighted by Crippen LogP contribution is 2.24. The van der Waals surface area contributed by atoms with Crippen molar-refractivity contribution in [3.63, 3.8) is 0 Å². The Morgan fingerprint density at radius 3 is 2.79 bits per heavy atom. The van der Waals surface area contributed by atoms with Crippen LogP contribution in [0.3, 0.4) is 0 Å². The molecule has 0 aromatic carbocycles. The van der Waals surface area contributed by atoms with Gasteiger partial charge in [-0.15, -0.1) is 0 Å². The minimum absolute atomic E-state index is 0.796. The number of rotatable bonds is 7. The molecule has 1 fully saturated rings. The van der Waals surface area contributed by atoms with E-state index >= 15 is 0 Å². The van der Waals surface area contributed by atoms with E-state index in [0.29, 0.717) is 0 Å². The third kappa shape index (κ3) is 4.20. The lowest BCUT2D eigenvalue weighted by atomic mass is 10.1. The predicted molar refractivity (Wildman–Crippen MR) is 81.4 cm³/mol. The van der Waals surface area contributed by atoms with Crippen LogP contribution < -0.4 is 5.32 Å². The molecule has 0 spiro atoms. The van der Waals surface area contributed by atoms with Gasteiger partial charge in [-0.1, -0.05) is 26.7 Å². The Morgan fingerprint density at radius 1 is 1.32 bits per heavy atom. The zero-order chi connectivity index (χ0) is 13.5. The average molecular weight is 261 g/mol. The molecule has 19 heavy (non-hydrogen) atoms. The zero-order valence-corrected chi connectivity index (χ0v) is 12.4. The lowest BCUT2D eigenvalue weighted by Gasteiger charge is -2.27. The van der Waals surface area contributed by atoms with Gasteiger partial charge >= 0.3 is 0 Å². The van der Waals surface area contributed by atoms with Gasteiger partial charge in [-0.25, -0.2) is 4.98 Å². The van der Waals surface area contributed by atoms with E-state index in [-0.39, 0.29) is 0 Å². The first-order valence-electron chi connectivity index (χ1n) is 7.76. The summed E-state index contributed by atoms with van der Waals surface area (Å²) in [6.07, 6.45) is 8.62. The molecule has 0 aliphatic heterocycles. The third-order valence-electron chi connectivity index (χ3n) is 4.01. The minimum atomic E-state index is 0.796. The van der Waals surface area contributed by atoms with Crippen molar-refractivity contribution >= 4 is 5.82 Å². The summed E-state index contributed by atoms with van der Waals surface area (Å²) >= 11 is 0. The summed E-state index contributed by atoms with van der Waals surface area (Å²) in [5, 5.41) is 3.37. The molecule has 0 radical (unpaired) electrons. The number of hydrogen-bond acceptors (Lipinski definition) is 3. The molecule has 1 aliphatic rings. The van der Waals surface area contributed by atoms with Crippen LogP contribution >= 0.6 is 0 Å². The van der Waals surface area contributed by atoms with Crippen molar-refractivity contribution in [2.75, 3.05) is 18.4 Å². The molecular formula is C16H27N3. The van der Waals surface area contributed by atoms with Crippen molar-refractivity contribution in [1.82, 2.24) is 9.88 Å². The van der Waals surface area contributed by atoms with E-state index in [0.717, 1.165) is 37.9 Å². The van der Waals surface area contributed by atoms with Crippen molar-refractivity contribution in [2.24, 2.45) is 0 Å². The summed E-state index contributed by atoms with van der Waals surface area (Å²) in [4.78, 5) is 6.99. The summed E-state index contributed by atoms with van der Waals surface area (Å²) in [6.45, 7) is 7.65. The second-order valence-corrected chi connectivity index (χ2v) is 5.48. The van der Waals surface area contributed by atoms with Crippen LogP contribution in [0.4, 0.5) is 5.82 Å². The van der Waals surface area contributed by atoms with E-state index < -0.39 is 0 Å². The van der Waals surface area contributed by atoms with Crippen LogP contribution in [0.15, 0.2) is 18.3 Å². The van der Waals surface area contributed by atoms with Crippen molar-refractivity contribution in [1.29, 1.82) is 0 Å². The molecule has 1 N–H and O–H groups in total. The Balaban J connectivity index is 1.96. The summed E-state index contributed by atoms with van der Waals surface area (Å²) in [7, 11) is 0. The molecule has 0 saturated heterocycles. The molecule has 106 valence electrons. The first-order chi connectivity index (χ1) is 9.33. The Kier molecular flexibility index (Phi) is 5.64. The molecular weight excluding hydrogens is 234 g/mol. The highest BCUT2D eigenvalue weighted by atomic mass is 15.1. The first kappa shape index (κ1) is 14.3. The molecule has 0 bridgehead atoms. The van der Waals surface area contributed by atoms with E-state index in [1.54, 1.807) is 0 Å². The molecule has 3 heteroatoms. The number of nitrogens with one attached hydrogen (secondary N) is 1. The van der Waals surface area contributed by atoms with Gasteiger partial charge in [-0.2, -0.15) is 0 Å². The van der Waals surface area contributed by atoms with E-state index in [1.165, 1.54) is 31.2 Å².